The second-order valence-corrected chi connectivity index (χ2v) is 6.34. The number of rotatable bonds is 3. The minimum absolute atomic E-state index is 0.272. The van der Waals surface area contributed by atoms with Crippen LogP contribution in [0.15, 0.2) is 60.8 Å². The van der Waals surface area contributed by atoms with Crippen LogP contribution in [0, 0.1) is 11.9 Å². The van der Waals surface area contributed by atoms with E-state index in [0.29, 0.717) is 21.3 Å². The lowest BCUT2D eigenvalue weighted by Gasteiger charge is -2.44. The molecule has 1 unspecified atom stereocenters. The van der Waals surface area contributed by atoms with Crippen molar-refractivity contribution in [3.8, 4) is 0 Å². The van der Waals surface area contributed by atoms with Crippen LogP contribution in [0.1, 0.15) is 12.5 Å². The average molecular weight is 376 g/mol. The first-order valence-electron chi connectivity index (χ1n) is 7.49. The number of anilines is 1. The molecule has 2 aromatic rings. The van der Waals surface area contributed by atoms with Gasteiger partial charge in [0, 0.05) is 18.7 Å². The predicted octanol–water partition coefficient (Wildman–Crippen LogP) is 4.81. The molecular weight excluding hydrogens is 362 g/mol. The molecule has 127 valence electrons. The van der Waals surface area contributed by atoms with E-state index >= 15 is 0 Å². The minimum atomic E-state index is -1.14. The lowest BCUT2D eigenvalue weighted by Crippen LogP contribution is -2.55. The van der Waals surface area contributed by atoms with Crippen molar-refractivity contribution in [2.75, 3.05) is 4.90 Å². The molecule has 0 bridgehead atoms. The fraction of sp³-hybridized carbons (Fsp3) is 0.105. The molecule has 1 heterocycles. The molecular formula is C19H14Cl2FN2O. The molecule has 0 spiro atoms. The lowest BCUT2D eigenvalue weighted by molar-refractivity contribution is -0.120. The van der Waals surface area contributed by atoms with Gasteiger partial charge in [-0.1, -0.05) is 41.4 Å². The van der Waals surface area contributed by atoms with E-state index in [1.807, 2.05) is 0 Å². The van der Waals surface area contributed by atoms with Crippen LogP contribution in [-0.4, -0.2) is 5.91 Å². The molecule has 0 aromatic heterocycles. The Hall–Kier alpha value is -2.30. The third kappa shape index (κ3) is 3.28. The van der Waals surface area contributed by atoms with Crippen LogP contribution in [0.5, 0.6) is 0 Å². The van der Waals surface area contributed by atoms with Gasteiger partial charge in [0.15, 0.2) is 5.66 Å². The first-order chi connectivity index (χ1) is 11.9. The monoisotopic (exact) mass is 375 g/mol. The zero-order chi connectivity index (χ0) is 18.0. The summed E-state index contributed by atoms with van der Waals surface area (Å²) in [5, 5.41) is 3.75. The maximum absolute atomic E-state index is 13.4. The van der Waals surface area contributed by atoms with Crippen molar-refractivity contribution < 1.29 is 9.18 Å². The van der Waals surface area contributed by atoms with E-state index in [1.54, 1.807) is 53.6 Å². The van der Waals surface area contributed by atoms with Crippen LogP contribution in [0.4, 0.5) is 10.1 Å². The number of nitrogens with zero attached hydrogens (tertiary/aromatic N) is 1. The van der Waals surface area contributed by atoms with Gasteiger partial charge in [-0.25, -0.2) is 4.39 Å². The van der Waals surface area contributed by atoms with E-state index in [-0.39, 0.29) is 11.7 Å². The van der Waals surface area contributed by atoms with Crippen molar-refractivity contribution in [2.24, 2.45) is 0 Å². The molecule has 3 rings (SSSR count). The Labute approximate surface area is 155 Å². The smallest absolute Gasteiger partial charge is 0.219 e. The molecule has 3 nitrogen and oxygen atoms in total. The molecule has 1 atom stereocenters. The Morgan fingerprint density at radius 3 is 2.40 bits per heavy atom. The number of nitrogens with one attached hydrogen (secondary N) is 1. The third-order valence-electron chi connectivity index (χ3n) is 3.82. The van der Waals surface area contributed by atoms with Gasteiger partial charge in [-0.05, 0) is 42.5 Å². The summed E-state index contributed by atoms with van der Waals surface area (Å²) in [5.41, 5.74) is 0.0259. The topological polar surface area (TPSA) is 32.3 Å². The number of carbonyl (C=O) groups excluding carboxylic acids is 1. The van der Waals surface area contributed by atoms with Gasteiger partial charge in [-0.2, -0.15) is 0 Å². The van der Waals surface area contributed by atoms with Gasteiger partial charge in [0.1, 0.15) is 5.82 Å². The number of benzene rings is 2. The highest BCUT2D eigenvalue weighted by atomic mass is 35.5. The van der Waals surface area contributed by atoms with Crippen LogP contribution in [0.3, 0.4) is 0 Å². The van der Waals surface area contributed by atoms with Crippen molar-refractivity contribution in [3.05, 3.63) is 88.3 Å². The summed E-state index contributed by atoms with van der Waals surface area (Å²) in [6.45, 7) is 1.41. The van der Waals surface area contributed by atoms with Crippen LogP contribution in [0.25, 0.3) is 0 Å². The van der Waals surface area contributed by atoms with E-state index in [1.165, 1.54) is 19.1 Å². The second-order valence-electron chi connectivity index (χ2n) is 5.52. The molecule has 0 fully saturated rings. The molecule has 0 aliphatic carbocycles. The Balaban J connectivity index is 2.24. The highest BCUT2D eigenvalue weighted by Gasteiger charge is 2.39. The molecule has 1 aliphatic rings. The Morgan fingerprint density at radius 2 is 1.80 bits per heavy atom. The molecule has 1 amide bonds. The van der Waals surface area contributed by atoms with Gasteiger partial charge in [0.25, 0.3) is 0 Å². The molecule has 1 N–H and O–H groups in total. The van der Waals surface area contributed by atoms with Gasteiger partial charge in [-0.3, -0.25) is 4.79 Å². The van der Waals surface area contributed by atoms with Gasteiger partial charge >= 0.3 is 0 Å². The number of amides is 1. The highest BCUT2D eigenvalue weighted by Crippen LogP contribution is 2.42. The van der Waals surface area contributed by atoms with Gasteiger partial charge in [0.05, 0.1) is 15.7 Å². The first kappa shape index (κ1) is 17.5. The third-order valence-corrected chi connectivity index (χ3v) is 4.43. The van der Waals surface area contributed by atoms with Crippen molar-refractivity contribution in [3.63, 3.8) is 0 Å². The van der Waals surface area contributed by atoms with E-state index in [4.69, 9.17) is 23.2 Å². The quantitative estimate of drug-likeness (QED) is 0.834. The number of carbonyl (C=O) groups is 1. The molecule has 0 saturated carbocycles. The molecule has 1 aliphatic heterocycles. The maximum atomic E-state index is 13.4. The number of hydrogen-bond acceptors (Lipinski definition) is 2. The van der Waals surface area contributed by atoms with E-state index in [2.05, 4.69) is 11.4 Å². The fourth-order valence-corrected chi connectivity index (χ4v) is 3.39. The summed E-state index contributed by atoms with van der Waals surface area (Å²) in [6, 6.07) is 11.0. The van der Waals surface area contributed by atoms with E-state index in [0.717, 1.165) is 0 Å². The minimum Gasteiger partial charge on any atom is -0.326 e. The molecule has 6 heteroatoms. The zero-order valence-electron chi connectivity index (χ0n) is 13.3. The van der Waals surface area contributed by atoms with Crippen LogP contribution in [-0.2, 0) is 10.5 Å². The van der Waals surface area contributed by atoms with Gasteiger partial charge in [-0.15, -0.1) is 0 Å². The predicted molar refractivity (Wildman–Crippen MR) is 97.8 cm³/mol. The van der Waals surface area contributed by atoms with Crippen molar-refractivity contribution >= 4 is 34.8 Å². The highest BCUT2D eigenvalue weighted by molar-refractivity contribution is 6.39. The summed E-state index contributed by atoms with van der Waals surface area (Å²) in [7, 11) is 0. The van der Waals surface area contributed by atoms with Gasteiger partial charge in [0.2, 0.25) is 5.91 Å². The largest absolute Gasteiger partial charge is 0.326 e. The maximum Gasteiger partial charge on any atom is 0.219 e. The Bertz CT molecular complexity index is 844. The number of hydrogen-bond donors (Lipinski definition) is 1. The molecule has 0 saturated heterocycles. The molecule has 1 radical (unpaired) electrons. The lowest BCUT2D eigenvalue weighted by atomic mass is 9.94. The van der Waals surface area contributed by atoms with Crippen molar-refractivity contribution in [2.45, 2.75) is 12.6 Å². The van der Waals surface area contributed by atoms with Gasteiger partial charge < -0.3 is 10.2 Å². The SMILES string of the molecule is CC(=O)NC1(c2ccc(F)cc2)C=[C]C=CN1c1c(Cl)cccc1Cl. The second kappa shape index (κ2) is 6.90. The summed E-state index contributed by atoms with van der Waals surface area (Å²) in [5.74, 6) is -0.644. The molecule has 25 heavy (non-hydrogen) atoms. The van der Waals surface area contributed by atoms with Crippen molar-refractivity contribution in [1.82, 2.24) is 5.32 Å². The number of halogens is 3. The number of para-hydroxylation sites is 1. The summed E-state index contributed by atoms with van der Waals surface area (Å²) < 4.78 is 13.4. The number of allylic oxidation sites excluding steroid dienone is 2. The summed E-state index contributed by atoms with van der Waals surface area (Å²) in [6.07, 6.45) is 8.07. The summed E-state index contributed by atoms with van der Waals surface area (Å²) in [4.78, 5) is 13.7. The van der Waals surface area contributed by atoms with E-state index < -0.39 is 5.66 Å². The zero-order valence-corrected chi connectivity index (χ0v) is 14.8. The normalized spacial score (nSPS) is 19.1. The van der Waals surface area contributed by atoms with Crippen molar-refractivity contribution in [1.29, 1.82) is 0 Å². The summed E-state index contributed by atoms with van der Waals surface area (Å²) >= 11 is 12.7. The average Bonchev–Trinajstić information content (AvgIpc) is 2.56. The van der Waals surface area contributed by atoms with Crippen LogP contribution >= 0.6 is 23.2 Å². The fourth-order valence-electron chi connectivity index (χ4n) is 2.81. The Kier molecular flexibility index (Phi) is 4.84. The van der Waals surface area contributed by atoms with Crippen LogP contribution in [0.2, 0.25) is 10.0 Å². The Morgan fingerprint density at radius 1 is 1.16 bits per heavy atom. The standard InChI is InChI=1S/C19H14Cl2FN2O/c1-13(25)23-19(14-7-9-15(22)10-8-14)11-2-3-12-24(19)18-16(20)5-4-6-17(18)21/h3-12H,1H3,(H,23,25). The first-order valence-corrected chi connectivity index (χ1v) is 8.25. The molecule has 2 aromatic carbocycles. The van der Waals surface area contributed by atoms with E-state index in [9.17, 15) is 9.18 Å². The van der Waals surface area contributed by atoms with Crippen LogP contribution < -0.4 is 10.2 Å².